The van der Waals surface area contributed by atoms with Crippen molar-refractivity contribution < 1.29 is 4.79 Å². The highest BCUT2D eigenvalue weighted by Gasteiger charge is 2.18. The first-order chi connectivity index (χ1) is 9.24. The molecule has 1 saturated carbocycles. The van der Waals surface area contributed by atoms with Gasteiger partial charge in [0.15, 0.2) is 11.5 Å². The zero-order valence-corrected chi connectivity index (χ0v) is 10.5. The van der Waals surface area contributed by atoms with Crippen LogP contribution >= 0.6 is 0 Å². The van der Waals surface area contributed by atoms with Crippen LogP contribution in [0.2, 0.25) is 0 Å². The number of rotatable bonds is 3. The third-order valence-corrected chi connectivity index (χ3v) is 3.46. The number of fused-ring (bicyclic) bond motifs is 1. The Kier molecular flexibility index (Phi) is 3.02. The monoisotopic (exact) mass is 260 g/mol. The van der Waals surface area contributed by atoms with Crippen molar-refractivity contribution in [1.29, 1.82) is 0 Å². The van der Waals surface area contributed by atoms with E-state index in [1.54, 1.807) is 10.9 Å². The van der Waals surface area contributed by atoms with Gasteiger partial charge in [0.25, 0.3) is 0 Å². The van der Waals surface area contributed by atoms with Gasteiger partial charge in [-0.15, -0.1) is 0 Å². The van der Waals surface area contributed by atoms with Gasteiger partial charge < -0.3 is 15.6 Å². The molecule has 2 heterocycles. The lowest BCUT2D eigenvalue weighted by atomic mass is 10.2. The van der Waals surface area contributed by atoms with Gasteiger partial charge in [0.2, 0.25) is 5.91 Å². The Hall–Kier alpha value is -2.18. The Morgan fingerprint density at radius 2 is 2.16 bits per heavy atom. The summed E-state index contributed by atoms with van der Waals surface area (Å²) in [5.74, 6) is 0.323. The summed E-state index contributed by atoms with van der Waals surface area (Å²) in [5.41, 5.74) is 6.83. The summed E-state index contributed by atoms with van der Waals surface area (Å²) in [6, 6.07) is 0.321. The number of anilines is 1. The SMILES string of the molecule is Nc1ncnc2c1ncn2CC(=O)NC1CCCC1. The zero-order chi connectivity index (χ0) is 13.2. The van der Waals surface area contributed by atoms with Gasteiger partial charge in [0.1, 0.15) is 18.4 Å². The molecular formula is C12H16N6O. The second-order valence-corrected chi connectivity index (χ2v) is 4.85. The van der Waals surface area contributed by atoms with E-state index in [2.05, 4.69) is 20.3 Å². The molecule has 7 heteroatoms. The van der Waals surface area contributed by atoms with Gasteiger partial charge >= 0.3 is 0 Å². The van der Waals surface area contributed by atoms with Crippen molar-refractivity contribution in [3.8, 4) is 0 Å². The van der Waals surface area contributed by atoms with Crippen molar-refractivity contribution in [2.75, 3.05) is 5.73 Å². The van der Waals surface area contributed by atoms with Crippen molar-refractivity contribution in [3.63, 3.8) is 0 Å². The van der Waals surface area contributed by atoms with E-state index in [9.17, 15) is 4.79 Å². The van der Waals surface area contributed by atoms with E-state index in [1.807, 2.05) is 0 Å². The summed E-state index contributed by atoms with van der Waals surface area (Å²) >= 11 is 0. The predicted molar refractivity (Wildman–Crippen MR) is 70.1 cm³/mol. The quantitative estimate of drug-likeness (QED) is 0.835. The molecule has 19 heavy (non-hydrogen) atoms. The molecular weight excluding hydrogens is 244 g/mol. The largest absolute Gasteiger partial charge is 0.382 e. The molecule has 3 rings (SSSR count). The van der Waals surface area contributed by atoms with Crippen molar-refractivity contribution in [2.24, 2.45) is 0 Å². The molecule has 0 aliphatic heterocycles. The lowest BCUT2D eigenvalue weighted by Gasteiger charge is -2.12. The highest BCUT2D eigenvalue weighted by molar-refractivity contribution is 5.83. The number of nitrogens with one attached hydrogen (secondary N) is 1. The van der Waals surface area contributed by atoms with Crippen LogP contribution in [0.15, 0.2) is 12.7 Å². The number of nitrogen functional groups attached to an aromatic ring is 1. The van der Waals surface area contributed by atoms with Crippen molar-refractivity contribution in [1.82, 2.24) is 24.8 Å². The molecule has 0 bridgehead atoms. The van der Waals surface area contributed by atoms with Gasteiger partial charge in [-0.2, -0.15) is 0 Å². The van der Waals surface area contributed by atoms with E-state index in [4.69, 9.17) is 5.73 Å². The highest BCUT2D eigenvalue weighted by atomic mass is 16.2. The third kappa shape index (κ3) is 2.35. The summed E-state index contributed by atoms with van der Waals surface area (Å²) < 4.78 is 1.69. The van der Waals surface area contributed by atoms with Crippen LogP contribution in [0.1, 0.15) is 25.7 Å². The van der Waals surface area contributed by atoms with Crippen LogP contribution in [0.4, 0.5) is 5.82 Å². The fourth-order valence-corrected chi connectivity index (χ4v) is 2.51. The summed E-state index contributed by atoms with van der Waals surface area (Å²) in [6.45, 7) is 0.212. The van der Waals surface area contributed by atoms with Crippen molar-refractivity contribution in [2.45, 2.75) is 38.3 Å². The van der Waals surface area contributed by atoms with Crippen LogP contribution < -0.4 is 11.1 Å². The Morgan fingerprint density at radius 1 is 1.37 bits per heavy atom. The molecule has 100 valence electrons. The fraction of sp³-hybridized carbons (Fsp3) is 0.500. The number of nitrogens with two attached hydrogens (primary N) is 1. The minimum absolute atomic E-state index is 0.0108. The number of aromatic nitrogens is 4. The zero-order valence-electron chi connectivity index (χ0n) is 10.5. The van der Waals surface area contributed by atoms with Gasteiger partial charge in [-0.1, -0.05) is 12.8 Å². The van der Waals surface area contributed by atoms with E-state index in [0.29, 0.717) is 23.0 Å². The summed E-state index contributed by atoms with van der Waals surface area (Å²) in [7, 11) is 0. The first-order valence-electron chi connectivity index (χ1n) is 6.44. The molecule has 0 radical (unpaired) electrons. The number of carbonyl (C=O) groups excluding carboxylic acids is 1. The average Bonchev–Trinajstić information content (AvgIpc) is 3.01. The molecule has 1 amide bonds. The van der Waals surface area contributed by atoms with E-state index in [0.717, 1.165) is 12.8 Å². The smallest absolute Gasteiger partial charge is 0.240 e. The van der Waals surface area contributed by atoms with Crippen LogP contribution in [0.3, 0.4) is 0 Å². The normalized spacial score (nSPS) is 16.0. The Labute approximate surface area is 110 Å². The topological polar surface area (TPSA) is 98.7 Å². The van der Waals surface area contributed by atoms with Crippen molar-refractivity contribution in [3.05, 3.63) is 12.7 Å². The van der Waals surface area contributed by atoms with Crippen LogP contribution in [0.5, 0.6) is 0 Å². The first kappa shape index (κ1) is 11.9. The highest BCUT2D eigenvalue weighted by Crippen LogP contribution is 2.18. The molecule has 0 unspecified atom stereocenters. The van der Waals surface area contributed by atoms with Gasteiger partial charge in [0.05, 0.1) is 6.33 Å². The molecule has 0 spiro atoms. The van der Waals surface area contributed by atoms with Gasteiger partial charge in [0, 0.05) is 6.04 Å². The molecule has 0 aromatic carbocycles. The standard InChI is InChI=1S/C12H16N6O/c13-11-10-12(15-6-14-11)18(7-16-10)5-9(19)17-8-3-1-2-4-8/h6-8H,1-5H2,(H,17,19)(H2,13,14,15). The van der Waals surface area contributed by atoms with Gasteiger partial charge in [-0.3, -0.25) is 4.79 Å². The molecule has 2 aromatic heterocycles. The Morgan fingerprint density at radius 3 is 2.95 bits per heavy atom. The number of hydrogen-bond donors (Lipinski definition) is 2. The first-order valence-corrected chi connectivity index (χ1v) is 6.44. The lowest BCUT2D eigenvalue weighted by molar-refractivity contribution is -0.122. The molecule has 0 saturated heterocycles. The fourth-order valence-electron chi connectivity index (χ4n) is 2.51. The molecule has 1 aliphatic rings. The van der Waals surface area contributed by atoms with Crippen molar-refractivity contribution >= 4 is 22.9 Å². The summed E-state index contributed by atoms with van der Waals surface area (Å²) in [4.78, 5) is 24.1. The van der Waals surface area contributed by atoms with E-state index >= 15 is 0 Å². The van der Waals surface area contributed by atoms with Crippen LogP contribution in [-0.4, -0.2) is 31.5 Å². The van der Waals surface area contributed by atoms with E-state index < -0.39 is 0 Å². The Balaban J connectivity index is 1.74. The predicted octanol–water partition coefficient (Wildman–Crippen LogP) is 0.467. The van der Waals surface area contributed by atoms with Gasteiger partial charge in [-0.25, -0.2) is 15.0 Å². The number of nitrogens with zero attached hydrogens (tertiary/aromatic N) is 4. The molecule has 3 N–H and O–H groups in total. The van der Waals surface area contributed by atoms with Crippen LogP contribution in [0.25, 0.3) is 11.2 Å². The van der Waals surface area contributed by atoms with Crippen LogP contribution in [-0.2, 0) is 11.3 Å². The minimum Gasteiger partial charge on any atom is -0.382 e. The molecule has 2 aromatic rings. The number of imidazole rings is 1. The van der Waals surface area contributed by atoms with E-state index in [-0.39, 0.29) is 12.5 Å². The maximum atomic E-state index is 12.0. The molecule has 1 fully saturated rings. The minimum atomic E-state index is -0.0108. The number of amides is 1. The summed E-state index contributed by atoms with van der Waals surface area (Å²) in [6.07, 6.45) is 7.50. The lowest BCUT2D eigenvalue weighted by Crippen LogP contribution is -2.35. The van der Waals surface area contributed by atoms with Gasteiger partial charge in [-0.05, 0) is 12.8 Å². The molecule has 1 aliphatic carbocycles. The second-order valence-electron chi connectivity index (χ2n) is 4.85. The van der Waals surface area contributed by atoms with E-state index in [1.165, 1.54) is 19.2 Å². The maximum absolute atomic E-state index is 12.0. The maximum Gasteiger partial charge on any atom is 0.240 e. The third-order valence-electron chi connectivity index (χ3n) is 3.46. The van der Waals surface area contributed by atoms with Crippen LogP contribution in [0, 0.1) is 0 Å². The second kappa shape index (κ2) is 4.83. The summed E-state index contributed by atoms with van der Waals surface area (Å²) in [5, 5.41) is 3.03. The molecule has 0 atom stereocenters. The number of hydrogen-bond acceptors (Lipinski definition) is 5. The average molecular weight is 260 g/mol. The number of carbonyl (C=O) groups is 1. The Bertz CT molecular complexity index is 601. The molecule has 7 nitrogen and oxygen atoms in total.